The lowest BCUT2D eigenvalue weighted by molar-refractivity contribution is -0.147. The van der Waals surface area contributed by atoms with E-state index in [9.17, 15) is 9.90 Å². The number of esters is 1. The minimum absolute atomic E-state index is 0.0180. The molecule has 0 saturated heterocycles. The first-order valence-electron chi connectivity index (χ1n) is 7.26. The molecule has 3 nitrogen and oxygen atoms in total. The Morgan fingerprint density at radius 3 is 2.70 bits per heavy atom. The van der Waals surface area contributed by atoms with E-state index in [1.807, 2.05) is 20.8 Å². The van der Waals surface area contributed by atoms with Crippen LogP contribution in [0.3, 0.4) is 0 Å². The molecule has 2 radical (unpaired) electrons. The number of carbonyl (C=O) groups excluding carboxylic acids is 1. The number of fused-ring (bicyclic) bond motifs is 1. The number of hydrogen-bond acceptors (Lipinski definition) is 3. The highest BCUT2D eigenvalue weighted by atomic mass is 16.5. The van der Waals surface area contributed by atoms with E-state index >= 15 is 0 Å². The molecule has 0 aromatic heterocycles. The van der Waals surface area contributed by atoms with Gasteiger partial charge in [-0.05, 0) is 44.1 Å². The SMILES string of the molecule is C=C(C)[C@@H]1CC[C@@H](C)[C@]2(O)[C][C@@H](OC(C)=O)C(C)=C[C@@H]12. The van der Waals surface area contributed by atoms with E-state index in [1.54, 1.807) is 0 Å². The van der Waals surface area contributed by atoms with Crippen LogP contribution in [0.25, 0.3) is 0 Å². The average molecular weight is 276 g/mol. The Morgan fingerprint density at radius 1 is 1.50 bits per heavy atom. The third kappa shape index (κ3) is 2.56. The molecule has 1 N–H and O–H groups in total. The van der Waals surface area contributed by atoms with Gasteiger partial charge in [0.2, 0.25) is 0 Å². The van der Waals surface area contributed by atoms with Gasteiger partial charge in [0.15, 0.2) is 0 Å². The molecule has 0 unspecified atom stereocenters. The summed E-state index contributed by atoms with van der Waals surface area (Å²) in [5, 5.41) is 11.1. The zero-order valence-corrected chi connectivity index (χ0v) is 12.8. The summed E-state index contributed by atoms with van der Waals surface area (Å²) in [6, 6.07) is 0. The van der Waals surface area contributed by atoms with Gasteiger partial charge in [0.1, 0.15) is 6.10 Å². The van der Waals surface area contributed by atoms with Crippen molar-refractivity contribution in [1.82, 2.24) is 0 Å². The molecule has 0 aromatic rings. The van der Waals surface area contributed by atoms with Crippen LogP contribution in [-0.2, 0) is 9.53 Å². The van der Waals surface area contributed by atoms with Crippen molar-refractivity contribution < 1.29 is 14.6 Å². The van der Waals surface area contributed by atoms with Crippen molar-refractivity contribution in [3.63, 3.8) is 0 Å². The van der Waals surface area contributed by atoms with Crippen molar-refractivity contribution >= 4 is 5.97 Å². The van der Waals surface area contributed by atoms with Crippen LogP contribution in [0.15, 0.2) is 23.8 Å². The van der Waals surface area contributed by atoms with Gasteiger partial charge in [-0.2, -0.15) is 0 Å². The van der Waals surface area contributed by atoms with Crippen LogP contribution in [0.1, 0.15) is 40.5 Å². The van der Waals surface area contributed by atoms with Gasteiger partial charge in [-0.3, -0.25) is 4.79 Å². The Balaban J connectivity index is 2.36. The third-order valence-electron chi connectivity index (χ3n) is 4.74. The summed E-state index contributed by atoms with van der Waals surface area (Å²) in [5.41, 5.74) is 0.994. The maximum Gasteiger partial charge on any atom is 0.303 e. The van der Waals surface area contributed by atoms with E-state index in [0.29, 0.717) is 0 Å². The van der Waals surface area contributed by atoms with Gasteiger partial charge in [0.05, 0.1) is 12.0 Å². The van der Waals surface area contributed by atoms with Crippen molar-refractivity contribution in [2.75, 3.05) is 0 Å². The molecule has 110 valence electrons. The largest absolute Gasteiger partial charge is 0.457 e. The highest BCUT2D eigenvalue weighted by molar-refractivity contribution is 5.66. The number of ether oxygens (including phenoxy) is 1. The Morgan fingerprint density at radius 2 is 2.15 bits per heavy atom. The standard InChI is InChI=1S/C17H24O3/c1-10(2)14-7-6-12(4)17(19)9-16(20-13(5)18)11(3)8-15(14)17/h8,12,14-16,19H,1,6-7H2,2-5H3/t12-,14+,15+,16-,17-/m1/s1. The molecule has 1 fully saturated rings. The lowest BCUT2D eigenvalue weighted by Crippen LogP contribution is -2.55. The van der Waals surface area contributed by atoms with Crippen LogP contribution < -0.4 is 0 Å². The minimum atomic E-state index is -1.04. The molecule has 1 saturated carbocycles. The summed E-state index contributed by atoms with van der Waals surface area (Å²) in [6.07, 6.45) is 6.63. The van der Waals surface area contributed by atoms with E-state index in [0.717, 1.165) is 24.0 Å². The Hall–Kier alpha value is -1.09. The van der Waals surface area contributed by atoms with Crippen LogP contribution in [-0.4, -0.2) is 22.8 Å². The topological polar surface area (TPSA) is 46.5 Å². The summed E-state index contributed by atoms with van der Waals surface area (Å²) in [7, 11) is 0. The van der Waals surface area contributed by atoms with Gasteiger partial charge >= 0.3 is 5.97 Å². The normalized spacial score (nSPS) is 40.5. The van der Waals surface area contributed by atoms with Gasteiger partial charge < -0.3 is 9.84 Å². The van der Waals surface area contributed by atoms with Crippen LogP contribution >= 0.6 is 0 Å². The van der Waals surface area contributed by atoms with Crippen LogP contribution in [0.2, 0.25) is 0 Å². The molecule has 0 aromatic carbocycles. The van der Waals surface area contributed by atoms with Crippen LogP contribution in [0.4, 0.5) is 0 Å². The second-order valence-electron chi connectivity index (χ2n) is 6.33. The van der Waals surface area contributed by atoms with Crippen molar-refractivity contribution in [3.8, 4) is 0 Å². The fourth-order valence-electron chi connectivity index (χ4n) is 3.48. The zero-order chi connectivity index (χ0) is 15.1. The van der Waals surface area contributed by atoms with E-state index in [2.05, 4.69) is 19.1 Å². The lowest BCUT2D eigenvalue weighted by atomic mass is 9.58. The quantitative estimate of drug-likeness (QED) is 0.623. The summed E-state index contributed by atoms with van der Waals surface area (Å²) in [6.45, 7) is 11.4. The smallest absolute Gasteiger partial charge is 0.303 e. The van der Waals surface area contributed by atoms with E-state index in [4.69, 9.17) is 4.74 Å². The van der Waals surface area contributed by atoms with Gasteiger partial charge in [0, 0.05) is 12.8 Å². The number of rotatable bonds is 2. The van der Waals surface area contributed by atoms with Gasteiger partial charge in [-0.25, -0.2) is 0 Å². The zero-order valence-electron chi connectivity index (χ0n) is 12.8. The molecule has 0 spiro atoms. The van der Waals surface area contributed by atoms with Crippen molar-refractivity contribution in [2.24, 2.45) is 17.8 Å². The van der Waals surface area contributed by atoms with E-state index in [-0.39, 0.29) is 23.7 Å². The van der Waals surface area contributed by atoms with Crippen molar-refractivity contribution in [3.05, 3.63) is 30.2 Å². The van der Waals surface area contributed by atoms with E-state index in [1.165, 1.54) is 6.92 Å². The molecule has 2 aliphatic carbocycles. The summed E-state index contributed by atoms with van der Waals surface area (Å²) < 4.78 is 5.26. The molecule has 20 heavy (non-hydrogen) atoms. The molecule has 0 amide bonds. The molecule has 0 heterocycles. The van der Waals surface area contributed by atoms with Gasteiger partial charge in [0.25, 0.3) is 0 Å². The molecule has 0 aliphatic heterocycles. The second kappa shape index (κ2) is 5.36. The van der Waals surface area contributed by atoms with Crippen molar-refractivity contribution in [1.29, 1.82) is 0 Å². The third-order valence-corrected chi connectivity index (χ3v) is 4.74. The lowest BCUT2D eigenvalue weighted by Gasteiger charge is -2.51. The molecule has 0 bridgehead atoms. The number of carbonyl (C=O) groups is 1. The maximum absolute atomic E-state index is 11.2. The molecular formula is C17H24O3. The summed E-state index contributed by atoms with van der Waals surface area (Å²) in [5.74, 6) is -0.00444. The van der Waals surface area contributed by atoms with Gasteiger partial charge in [-0.1, -0.05) is 25.2 Å². The number of hydrogen-bond donors (Lipinski definition) is 1. The minimum Gasteiger partial charge on any atom is -0.457 e. The molecule has 5 atom stereocenters. The van der Waals surface area contributed by atoms with E-state index < -0.39 is 11.7 Å². The first kappa shape index (κ1) is 15.3. The Labute approximate surface area is 121 Å². The molecule has 2 aliphatic rings. The summed E-state index contributed by atoms with van der Waals surface area (Å²) >= 11 is 0. The predicted molar refractivity (Wildman–Crippen MR) is 77.7 cm³/mol. The molecule has 2 rings (SSSR count). The maximum atomic E-state index is 11.2. The van der Waals surface area contributed by atoms with Crippen LogP contribution in [0.5, 0.6) is 0 Å². The predicted octanol–water partition coefficient (Wildman–Crippen LogP) is 2.93. The fourth-order valence-corrected chi connectivity index (χ4v) is 3.48. The summed E-state index contributed by atoms with van der Waals surface area (Å²) in [4.78, 5) is 11.2. The highest BCUT2D eigenvalue weighted by Gasteiger charge is 2.52. The monoisotopic (exact) mass is 276 g/mol. The first-order valence-corrected chi connectivity index (χ1v) is 7.26. The van der Waals surface area contributed by atoms with Gasteiger partial charge in [-0.15, -0.1) is 0 Å². The number of aliphatic hydroxyl groups is 1. The molecular weight excluding hydrogens is 252 g/mol. The average Bonchev–Trinajstić information content (AvgIpc) is 2.32. The number of allylic oxidation sites excluding steroid dienone is 1. The Bertz CT molecular complexity index is 451. The fraction of sp³-hybridized carbons (Fsp3) is 0.647. The molecule has 3 heteroatoms. The Kier molecular flexibility index (Phi) is 4.10. The first-order chi connectivity index (χ1) is 9.25. The second-order valence-corrected chi connectivity index (χ2v) is 6.33. The van der Waals surface area contributed by atoms with Crippen LogP contribution in [0, 0.1) is 24.2 Å². The highest BCUT2D eigenvalue weighted by Crippen LogP contribution is 2.50. The van der Waals surface area contributed by atoms with Crippen molar-refractivity contribution in [2.45, 2.75) is 52.2 Å².